The molecule has 2 rings (SSSR count). The summed E-state index contributed by atoms with van der Waals surface area (Å²) in [5.41, 5.74) is 2.87. The van der Waals surface area contributed by atoms with Gasteiger partial charge in [0.1, 0.15) is 0 Å². The van der Waals surface area contributed by atoms with Crippen LogP contribution in [-0.2, 0) is 0 Å². The molecule has 20 heavy (non-hydrogen) atoms. The van der Waals surface area contributed by atoms with Crippen LogP contribution in [0.3, 0.4) is 0 Å². The zero-order valence-electron chi connectivity index (χ0n) is 11.1. The van der Waals surface area contributed by atoms with Crippen LogP contribution in [0.4, 0.5) is 11.4 Å². The highest BCUT2D eigenvalue weighted by molar-refractivity contribution is 6.36. The quantitative estimate of drug-likeness (QED) is 0.870. The monoisotopic (exact) mass is 308 g/mol. The van der Waals surface area contributed by atoms with Crippen molar-refractivity contribution in [2.75, 3.05) is 17.7 Å². The van der Waals surface area contributed by atoms with Gasteiger partial charge in [-0.05, 0) is 48.9 Å². The van der Waals surface area contributed by atoms with Crippen molar-refractivity contribution >= 4 is 40.5 Å². The van der Waals surface area contributed by atoms with Crippen molar-refractivity contribution in [3.8, 4) is 0 Å². The van der Waals surface area contributed by atoms with Gasteiger partial charge in [0, 0.05) is 23.3 Å². The van der Waals surface area contributed by atoms with Crippen LogP contribution in [0.2, 0.25) is 10.0 Å². The van der Waals surface area contributed by atoms with Gasteiger partial charge in [-0.25, -0.2) is 0 Å². The Morgan fingerprint density at radius 2 is 1.70 bits per heavy atom. The van der Waals surface area contributed by atoms with E-state index in [0.29, 0.717) is 21.3 Å². The molecule has 104 valence electrons. The first-order valence-electron chi connectivity index (χ1n) is 6.06. The maximum Gasteiger partial charge on any atom is 0.255 e. The van der Waals surface area contributed by atoms with E-state index >= 15 is 0 Å². The molecule has 0 unspecified atom stereocenters. The number of aryl methyl sites for hydroxylation is 1. The van der Waals surface area contributed by atoms with Crippen molar-refractivity contribution in [1.29, 1.82) is 0 Å². The Kier molecular flexibility index (Phi) is 4.53. The highest BCUT2D eigenvalue weighted by Crippen LogP contribution is 2.29. The molecule has 2 aromatic rings. The molecule has 0 aromatic heterocycles. The first kappa shape index (κ1) is 14.7. The first-order chi connectivity index (χ1) is 9.51. The summed E-state index contributed by atoms with van der Waals surface area (Å²) in [6, 6.07) is 10.5. The van der Waals surface area contributed by atoms with E-state index in [9.17, 15) is 4.79 Å². The number of rotatable bonds is 3. The lowest BCUT2D eigenvalue weighted by Gasteiger charge is -2.10. The zero-order chi connectivity index (χ0) is 14.7. The van der Waals surface area contributed by atoms with Crippen LogP contribution in [0.5, 0.6) is 0 Å². The molecule has 3 nitrogen and oxygen atoms in total. The maximum absolute atomic E-state index is 12.1. The SMILES string of the molecule is CNc1ccc(C(=O)Nc2cc(Cl)c(C)cc2Cl)cc1. The molecule has 0 radical (unpaired) electrons. The largest absolute Gasteiger partial charge is 0.388 e. The van der Waals surface area contributed by atoms with E-state index in [1.54, 1.807) is 24.3 Å². The molecule has 0 aliphatic heterocycles. The highest BCUT2D eigenvalue weighted by Gasteiger charge is 2.10. The Hall–Kier alpha value is -1.71. The van der Waals surface area contributed by atoms with Crippen molar-refractivity contribution in [3.63, 3.8) is 0 Å². The Labute approximate surface area is 127 Å². The smallest absolute Gasteiger partial charge is 0.255 e. The molecule has 0 heterocycles. The molecule has 0 saturated carbocycles. The molecule has 0 saturated heterocycles. The molecule has 0 aliphatic rings. The van der Waals surface area contributed by atoms with Crippen LogP contribution in [0, 0.1) is 6.92 Å². The van der Waals surface area contributed by atoms with Crippen LogP contribution in [0.25, 0.3) is 0 Å². The molecule has 0 atom stereocenters. The normalized spacial score (nSPS) is 10.2. The molecule has 0 fully saturated rings. The average Bonchev–Trinajstić information content (AvgIpc) is 2.44. The second-order valence-electron chi connectivity index (χ2n) is 4.36. The molecule has 0 spiro atoms. The number of carbonyl (C=O) groups excluding carboxylic acids is 1. The van der Waals surface area contributed by atoms with E-state index in [1.165, 1.54) is 0 Å². The van der Waals surface area contributed by atoms with E-state index < -0.39 is 0 Å². The van der Waals surface area contributed by atoms with Gasteiger partial charge in [-0.2, -0.15) is 0 Å². The number of amides is 1. The maximum atomic E-state index is 12.1. The molecule has 0 aliphatic carbocycles. The molecular formula is C15H14Cl2N2O. The van der Waals surface area contributed by atoms with Crippen LogP contribution >= 0.6 is 23.2 Å². The predicted molar refractivity (Wildman–Crippen MR) is 85.1 cm³/mol. The van der Waals surface area contributed by atoms with Gasteiger partial charge in [-0.15, -0.1) is 0 Å². The average molecular weight is 309 g/mol. The fourth-order valence-electron chi connectivity index (χ4n) is 1.72. The summed E-state index contributed by atoms with van der Waals surface area (Å²) in [6.07, 6.45) is 0. The number of hydrogen-bond acceptors (Lipinski definition) is 2. The van der Waals surface area contributed by atoms with Gasteiger partial charge in [0.15, 0.2) is 0 Å². The summed E-state index contributed by atoms with van der Waals surface area (Å²) in [5, 5.41) is 6.78. The Balaban J connectivity index is 2.20. The summed E-state index contributed by atoms with van der Waals surface area (Å²) in [4.78, 5) is 12.1. The second kappa shape index (κ2) is 6.16. The molecule has 2 aromatic carbocycles. The van der Waals surface area contributed by atoms with Crippen LogP contribution < -0.4 is 10.6 Å². The number of halogens is 2. The summed E-state index contributed by atoms with van der Waals surface area (Å²) in [6.45, 7) is 1.86. The number of carbonyl (C=O) groups is 1. The van der Waals surface area contributed by atoms with Gasteiger partial charge in [0.05, 0.1) is 10.7 Å². The number of hydrogen-bond donors (Lipinski definition) is 2. The van der Waals surface area contributed by atoms with Gasteiger partial charge in [0.25, 0.3) is 5.91 Å². The van der Waals surface area contributed by atoms with E-state index in [4.69, 9.17) is 23.2 Å². The van der Waals surface area contributed by atoms with Crippen LogP contribution in [-0.4, -0.2) is 13.0 Å². The van der Waals surface area contributed by atoms with E-state index in [-0.39, 0.29) is 5.91 Å². The Morgan fingerprint density at radius 3 is 2.30 bits per heavy atom. The second-order valence-corrected chi connectivity index (χ2v) is 5.18. The van der Waals surface area contributed by atoms with Gasteiger partial charge in [0.2, 0.25) is 0 Å². The third-order valence-corrected chi connectivity index (χ3v) is 3.65. The fraction of sp³-hybridized carbons (Fsp3) is 0.133. The van der Waals surface area contributed by atoms with Crippen molar-refractivity contribution in [2.45, 2.75) is 6.92 Å². The van der Waals surface area contributed by atoms with Crippen LogP contribution in [0.1, 0.15) is 15.9 Å². The lowest BCUT2D eigenvalue weighted by atomic mass is 10.1. The van der Waals surface area contributed by atoms with Gasteiger partial charge >= 0.3 is 0 Å². The number of nitrogens with one attached hydrogen (secondary N) is 2. The minimum atomic E-state index is -0.227. The van der Waals surface area contributed by atoms with E-state index in [0.717, 1.165) is 11.3 Å². The number of anilines is 2. The van der Waals surface area contributed by atoms with Crippen molar-refractivity contribution in [1.82, 2.24) is 0 Å². The van der Waals surface area contributed by atoms with Crippen molar-refractivity contribution < 1.29 is 4.79 Å². The third kappa shape index (κ3) is 3.24. The standard InChI is InChI=1S/C15H14Cl2N2O/c1-9-7-13(17)14(8-12(9)16)19-15(20)10-3-5-11(18-2)6-4-10/h3-8,18H,1-2H3,(H,19,20). The summed E-state index contributed by atoms with van der Waals surface area (Å²) in [5.74, 6) is -0.227. The summed E-state index contributed by atoms with van der Waals surface area (Å²) < 4.78 is 0. The van der Waals surface area contributed by atoms with Crippen LogP contribution in [0.15, 0.2) is 36.4 Å². The lowest BCUT2D eigenvalue weighted by Crippen LogP contribution is -2.12. The summed E-state index contributed by atoms with van der Waals surface area (Å²) >= 11 is 12.1. The molecular weight excluding hydrogens is 295 g/mol. The highest BCUT2D eigenvalue weighted by atomic mass is 35.5. The molecule has 1 amide bonds. The number of benzene rings is 2. The summed E-state index contributed by atoms with van der Waals surface area (Å²) in [7, 11) is 1.82. The van der Waals surface area contributed by atoms with Gasteiger partial charge < -0.3 is 10.6 Å². The fourth-order valence-corrected chi connectivity index (χ4v) is 2.15. The van der Waals surface area contributed by atoms with E-state index in [2.05, 4.69) is 10.6 Å². The van der Waals surface area contributed by atoms with Gasteiger partial charge in [-0.3, -0.25) is 4.79 Å². The first-order valence-corrected chi connectivity index (χ1v) is 6.81. The Morgan fingerprint density at radius 1 is 1.05 bits per heavy atom. The lowest BCUT2D eigenvalue weighted by molar-refractivity contribution is 0.102. The third-order valence-electron chi connectivity index (χ3n) is 2.93. The topological polar surface area (TPSA) is 41.1 Å². The van der Waals surface area contributed by atoms with Crippen molar-refractivity contribution in [3.05, 3.63) is 57.6 Å². The van der Waals surface area contributed by atoms with E-state index in [1.807, 2.05) is 26.1 Å². The Bertz CT molecular complexity index is 639. The molecule has 2 N–H and O–H groups in total. The minimum absolute atomic E-state index is 0.227. The predicted octanol–water partition coefficient (Wildman–Crippen LogP) is 4.60. The van der Waals surface area contributed by atoms with Gasteiger partial charge in [-0.1, -0.05) is 23.2 Å². The van der Waals surface area contributed by atoms with Crippen molar-refractivity contribution in [2.24, 2.45) is 0 Å². The minimum Gasteiger partial charge on any atom is -0.388 e. The molecule has 0 bridgehead atoms. The zero-order valence-corrected chi connectivity index (χ0v) is 12.6. The molecule has 5 heteroatoms.